The van der Waals surface area contributed by atoms with E-state index in [1.54, 1.807) is 4.90 Å². The molecule has 2 fully saturated rings. The molecule has 2 saturated heterocycles. The highest BCUT2D eigenvalue weighted by molar-refractivity contribution is 6.42. The highest BCUT2D eigenvalue weighted by Gasteiger charge is 2.32. The first-order chi connectivity index (χ1) is 13.4. The summed E-state index contributed by atoms with van der Waals surface area (Å²) in [5.74, 6) is -0.111. The van der Waals surface area contributed by atoms with Gasteiger partial charge in [-0.05, 0) is 18.6 Å². The number of hydrogen-bond donors (Lipinski definition) is 2. The lowest BCUT2D eigenvalue weighted by atomic mass is 10.2. The van der Waals surface area contributed by atoms with Crippen LogP contribution in [-0.2, 0) is 9.59 Å². The quantitative estimate of drug-likeness (QED) is 0.556. The van der Waals surface area contributed by atoms with Gasteiger partial charge in [-0.2, -0.15) is 0 Å². The van der Waals surface area contributed by atoms with Crippen LogP contribution in [0.4, 0.5) is 5.69 Å². The summed E-state index contributed by atoms with van der Waals surface area (Å²) in [4.78, 5) is 30.2. The number of piperazine rings is 1. The molecule has 9 heteroatoms. The first kappa shape index (κ1) is 20.8. The molecule has 0 aromatic heterocycles. The normalized spacial score (nSPS) is 20.3. The zero-order valence-corrected chi connectivity index (χ0v) is 17.0. The minimum absolute atomic E-state index is 0.0204. The molecule has 0 bridgehead atoms. The summed E-state index contributed by atoms with van der Waals surface area (Å²) in [6.45, 7) is 7.92. The lowest BCUT2D eigenvalue weighted by Crippen LogP contribution is -2.53. The van der Waals surface area contributed by atoms with Crippen molar-refractivity contribution >= 4 is 40.7 Å². The Labute approximate surface area is 174 Å². The molecule has 0 aliphatic carbocycles. The van der Waals surface area contributed by atoms with E-state index in [1.807, 2.05) is 4.90 Å². The van der Waals surface area contributed by atoms with Gasteiger partial charge in [-0.1, -0.05) is 29.8 Å². The molecule has 1 unspecified atom stereocenters. The number of phenols is 1. The number of likely N-dealkylation sites (tertiary alicyclic amines) is 1. The number of rotatable bonds is 5. The Morgan fingerprint density at radius 2 is 1.82 bits per heavy atom. The summed E-state index contributed by atoms with van der Waals surface area (Å²) in [5, 5.41) is 13.4. The molecule has 2 N–H and O–H groups in total. The van der Waals surface area contributed by atoms with E-state index in [0.717, 1.165) is 32.6 Å². The van der Waals surface area contributed by atoms with Crippen molar-refractivity contribution in [3.05, 3.63) is 34.8 Å². The Morgan fingerprint density at radius 1 is 1.14 bits per heavy atom. The van der Waals surface area contributed by atoms with E-state index in [2.05, 4.69) is 16.8 Å². The van der Waals surface area contributed by atoms with Gasteiger partial charge in [0.05, 0.1) is 22.3 Å². The Bertz CT molecular complexity index is 766. The van der Waals surface area contributed by atoms with Crippen LogP contribution in [0.25, 0.3) is 0 Å². The van der Waals surface area contributed by atoms with Gasteiger partial charge in [0.25, 0.3) is 0 Å². The molecule has 3 rings (SSSR count). The van der Waals surface area contributed by atoms with Crippen LogP contribution in [0.3, 0.4) is 0 Å². The minimum atomic E-state index is -0.0492. The van der Waals surface area contributed by atoms with E-state index in [-0.39, 0.29) is 29.1 Å². The smallest absolute Gasteiger partial charge is 0.246 e. The van der Waals surface area contributed by atoms with Crippen molar-refractivity contribution in [2.45, 2.75) is 12.5 Å². The number of nitrogens with zero attached hydrogens (tertiary/aromatic N) is 3. The summed E-state index contributed by atoms with van der Waals surface area (Å²) >= 11 is 11.8. The van der Waals surface area contributed by atoms with E-state index >= 15 is 0 Å². The molecule has 152 valence electrons. The Hall–Kier alpha value is -1.96. The Kier molecular flexibility index (Phi) is 6.69. The number of phenolic OH excluding ortho intramolecular Hbond substituents is 1. The van der Waals surface area contributed by atoms with Crippen LogP contribution < -0.4 is 5.32 Å². The van der Waals surface area contributed by atoms with Crippen LogP contribution in [0, 0.1) is 0 Å². The van der Waals surface area contributed by atoms with E-state index in [4.69, 9.17) is 23.2 Å². The number of amides is 2. The van der Waals surface area contributed by atoms with Gasteiger partial charge >= 0.3 is 0 Å². The number of benzene rings is 1. The fraction of sp³-hybridized carbons (Fsp3) is 0.474. The van der Waals surface area contributed by atoms with E-state index in [9.17, 15) is 14.7 Å². The van der Waals surface area contributed by atoms with Gasteiger partial charge in [-0.3, -0.25) is 14.5 Å². The van der Waals surface area contributed by atoms with Crippen LogP contribution >= 0.6 is 23.2 Å². The van der Waals surface area contributed by atoms with Crippen LogP contribution in [0.1, 0.15) is 6.42 Å². The molecule has 28 heavy (non-hydrogen) atoms. The molecule has 0 radical (unpaired) electrons. The number of carbonyl (C=O) groups excluding carboxylic acids is 2. The van der Waals surface area contributed by atoms with E-state index in [0.29, 0.717) is 29.8 Å². The number of hydrogen-bond acceptors (Lipinski definition) is 5. The molecular weight excluding hydrogens is 403 g/mol. The molecule has 7 nitrogen and oxygen atoms in total. The molecule has 0 saturated carbocycles. The van der Waals surface area contributed by atoms with Crippen molar-refractivity contribution in [2.75, 3.05) is 51.1 Å². The third-order valence-electron chi connectivity index (χ3n) is 5.30. The molecule has 2 amide bonds. The van der Waals surface area contributed by atoms with Crippen LogP contribution in [0.2, 0.25) is 10.0 Å². The molecule has 1 aromatic rings. The maximum atomic E-state index is 12.5. The summed E-state index contributed by atoms with van der Waals surface area (Å²) in [5.41, 5.74) is 0.374. The number of anilines is 1. The topological polar surface area (TPSA) is 76.1 Å². The van der Waals surface area contributed by atoms with Crippen molar-refractivity contribution in [3.8, 4) is 5.75 Å². The third kappa shape index (κ3) is 4.71. The van der Waals surface area contributed by atoms with E-state index < -0.39 is 0 Å². The average molecular weight is 427 g/mol. The average Bonchev–Trinajstić information content (AvgIpc) is 3.19. The lowest BCUT2D eigenvalue weighted by molar-refractivity contribution is -0.131. The lowest BCUT2D eigenvalue weighted by Gasteiger charge is -2.38. The van der Waals surface area contributed by atoms with Crippen molar-refractivity contribution in [1.29, 1.82) is 0 Å². The number of carbonyl (C=O) groups is 2. The van der Waals surface area contributed by atoms with E-state index in [1.165, 1.54) is 18.2 Å². The molecule has 1 atom stereocenters. The zero-order chi connectivity index (χ0) is 20.3. The molecule has 2 aliphatic heterocycles. The third-order valence-corrected chi connectivity index (χ3v) is 6.02. The molecular formula is C19H24Cl2N4O3. The number of aromatic hydroxyl groups is 1. The standard InChI is InChI=1S/C19H24Cl2N4O3/c1-2-18(27)25-4-3-13(12-25)23-5-7-24(8-6-23)19(28)11-22-16-9-14(20)15(21)10-17(16)26/h2,9-10,13,22,26H,1,3-8,11-12H2. The second-order valence-corrected chi connectivity index (χ2v) is 7.80. The molecule has 2 heterocycles. The van der Waals surface area contributed by atoms with Crippen molar-refractivity contribution < 1.29 is 14.7 Å². The summed E-state index contributed by atoms with van der Waals surface area (Å²) in [6.07, 6.45) is 2.31. The fourth-order valence-electron chi connectivity index (χ4n) is 3.67. The van der Waals surface area contributed by atoms with Crippen LogP contribution in [0.15, 0.2) is 24.8 Å². The van der Waals surface area contributed by atoms with Crippen molar-refractivity contribution in [3.63, 3.8) is 0 Å². The molecule has 2 aliphatic rings. The first-order valence-corrected chi connectivity index (χ1v) is 9.99. The summed E-state index contributed by atoms with van der Waals surface area (Å²) < 4.78 is 0. The Balaban J connectivity index is 1.46. The monoisotopic (exact) mass is 426 g/mol. The highest BCUT2D eigenvalue weighted by atomic mass is 35.5. The highest BCUT2D eigenvalue weighted by Crippen LogP contribution is 2.33. The zero-order valence-electron chi connectivity index (χ0n) is 15.5. The number of halogens is 2. The minimum Gasteiger partial charge on any atom is -0.506 e. The second kappa shape index (κ2) is 9.03. The van der Waals surface area contributed by atoms with Gasteiger partial charge in [0, 0.05) is 51.4 Å². The van der Waals surface area contributed by atoms with Crippen molar-refractivity contribution in [1.82, 2.24) is 14.7 Å². The van der Waals surface area contributed by atoms with Crippen molar-refractivity contribution in [2.24, 2.45) is 0 Å². The van der Waals surface area contributed by atoms with Gasteiger partial charge in [-0.25, -0.2) is 0 Å². The van der Waals surface area contributed by atoms with Gasteiger partial charge in [-0.15, -0.1) is 0 Å². The summed E-state index contributed by atoms with van der Waals surface area (Å²) in [7, 11) is 0. The number of nitrogens with one attached hydrogen (secondary N) is 1. The maximum absolute atomic E-state index is 12.5. The van der Waals surface area contributed by atoms with Gasteiger partial charge in [0.15, 0.2) is 0 Å². The van der Waals surface area contributed by atoms with Gasteiger partial charge in [0.2, 0.25) is 11.8 Å². The Morgan fingerprint density at radius 3 is 2.50 bits per heavy atom. The second-order valence-electron chi connectivity index (χ2n) is 6.98. The molecule has 0 spiro atoms. The van der Waals surface area contributed by atoms with Gasteiger partial charge < -0.3 is 20.2 Å². The van der Waals surface area contributed by atoms with Crippen LogP contribution in [-0.4, -0.2) is 83.5 Å². The predicted octanol–water partition coefficient (Wildman–Crippen LogP) is 2.04. The molecule has 1 aromatic carbocycles. The largest absolute Gasteiger partial charge is 0.506 e. The first-order valence-electron chi connectivity index (χ1n) is 9.24. The maximum Gasteiger partial charge on any atom is 0.246 e. The SMILES string of the molecule is C=CC(=O)N1CCC(N2CCN(C(=O)CNc3cc(Cl)c(Cl)cc3O)CC2)C1. The fourth-order valence-corrected chi connectivity index (χ4v) is 3.99. The van der Waals surface area contributed by atoms with Crippen LogP contribution in [0.5, 0.6) is 5.75 Å². The van der Waals surface area contributed by atoms with Gasteiger partial charge in [0.1, 0.15) is 5.75 Å². The summed E-state index contributed by atoms with van der Waals surface area (Å²) in [6, 6.07) is 3.19. The predicted molar refractivity (Wildman–Crippen MR) is 110 cm³/mol.